The summed E-state index contributed by atoms with van der Waals surface area (Å²) in [7, 11) is 0. The van der Waals surface area contributed by atoms with Crippen LogP contribution in [-0.2, 0) is 12.8 Å². The van der Waals surface area contributed by atoms with Crippen LogP contribution in [0.4, 0.5) is 0 Å². The van der Waals surface area contributed by atoms with Crippen molar-refractivity contribution < 1.29 is 5.11 Å². The molecule has 2 atom stereocenters. The molecule has 0 fully saturated rings. The third-order valence-electron chi connectivity index (χ3n) is 3.75. The van der Waals surface area contributed by atoms with Gasteiger partial charge in [-0.15, -0.1) is 0 Å². The fraction of sp³-hybridized carbons (Fsp3) is 0.625. The lowest BCUT2D eigenvalue weighted by molar-refractivity contribution is 0.150. The molecule has 0 aromatic heterocycles. The minimum absolute atomic E-state index is 0.255. The van der Waals surface area contributed by atoms with Crippen LogP contribution in [0.2, 0.25) is 0 Å². The fourth-order valence-electron chi connectivity index (χ4n) is 2.81. The zero-order valence-electron chi connectivity index (χ0n) is 11.2. The third kappa shape index (κ3) is 3.10. The Morgan fingerprint density at radius 2 is 2.12 bits per heavy atom. The number of aliphatic hydroxyl groups excluding tert-OH is 1. The lowest BCUT2D eigenvalue weighted by atomic mass is 9.94. The van der Waals surface area contributed by atoms with Gasteiger partial charge in [0.05, 0.1) is 6.10 Å². The highest BCUT2D eigenvalue weighted by Gasteiger charge is 2.20. The van der Waals surface area contributed by atoms with Gasteiger partial charge in [0.15, 0.2) is 0 Å². The Labute approximate surface area is 105 Å². The van der Waals surface area contributed by atoms with E-state index < -0.39 is 0 Å². The molecule has 0 radical (unpaired) electrons. The highest BCUT2D eigenvalue weighted by atomic mass is 16.3. The normalized spacial score (nSPS) is 24.5. The van der Waals surface area contributed by atoms with Gasteiger partial charge < -0.3 is 5.11 Å². The number of benzene rings is 1. The van der Waals surface area contributed by atoms with Gasteiger partial charge in [-0.3, -0.25) is 0 Å². The van der Waals surface area contributed by atoms with E-state index in [2.05, 4.69) is 39.0 Å². The molecule has 1 aliphatic carbocycles. The Balaban J connectivity index is 2.27. The molecule has 0 spiro atoms. The Kier molecular flexibility index (Phi) is 3.88. The number of fused-ring (bicyclic) bond motifs is 1. The minimum atomic E-state index is -0.255. The van der Waals surface area contributed by atoms with E-state index in [1.54, 1.807) is 0 Å². The second-order valence-corrected chi connectivity index (χ2v) is 6.03. The molecule has 1 aromatic carbocycles. The van der Waals surface area contributed by atoms with Crippen LogP contribution in [0.25, 0.3) is 0 Å². The standard InChI is InChI=1S/C16H24O/c1-11(2)8-13-5-7-14-6-4-12(3)9-16(17)15(14)10-13/h5,7,10-12,16-17H,4,6,8-9H2,1-3H3. The zero-order valence-corrected chi connectivity index (χ0v) is 11.2. The van der Waals surface area contributed by atoms with Crippen molar-refractivity contribution in [3.63, 3.8) is 0 Å². The van der Waals surface area contributed by atoms with Crippen molar-refractivity contribution in [1.82, 2.24) is 0 Å². The molecular weight excluding hydrogens is 208 g/mol. The van der Waals surface area contributed by atoms with Gasteiger partial charge in [-0.2, -0.15) is 0 Å². The number of aryl methyl sites for hydroxylation is 1. The van der Waals surface area contributed by atoms with E-state index in [0.29, 0.717) is 11.8 Å². The van der Waals surface area contributed by atoms with Crippen LogP contribution in [0.1, 0.15) is 56.4 Å². The second-order valence-electron chi connectivity index (χ2n) is 6.03. The van der Waals surface area contributed by atoms with E-state index >= 15 is 0 Å². The average Bonchev–Trinajstić information content (AvgIpc) is 2.38. The maximum absolute atomic E-state index is 10.3. The van der Waals surface area contributed by atoms with Crippen molar-refractivity contribution in [3.05, 3.63) is 34.9 Å². The molecule has 1 aromatic rings. The molecule has 0 bridgehead atoms. The van der Waals surface area contributed by atoms with E-state index in [1.165, 1.54) is 23.1 Å². The van der Waals surface area contributed by atoms with Gasteiger partial charge in [-0.1, -0.05) is 39.0 Å². The molecule has 2 rings (SSSR count). The summed E-state index contributed by atoms with van der Waals surface area (Å²) in [6, 6.07) is 6.70. The van der Waals surface area contributed by atoms with E-state index in [0.717, 1.165) is 19.3 Å². The predicted molar refractivity (Wildman–Crippen MR) is 72.0 cm³/mol. The van der Waals surface area contributed by atoms with E-state index in [4.69, 9.17) is 0 Å². The number of hydrogen-bond acceptors (Lipinski definition) is 1. The van der Waals surface area contributed by atoms with Crippen molar-refractivity contribution in [2.45, 2.75) is 52.6 Å². The first-order valence-corrected chi connectivity index (χ1v) is 6.86. The smallest absolute Gasteiger partial charge is 0.0795 e. The van der Waals surface area contributed by atoms with Crippen LogP contribution in [0.15, 0.2) is 18.2 Å². The van der Waals surface area contributed by atoms with Crippen LogP contribution < -0.4 is 0 Å². The zero-order chi connectivity index (χ0) is 12.4. The maximum atomic E-state index is 10.3. The summed E-state index contributed by atoms with van der Waals surface area (Å²) in [6.07, 6.45) is 4.09. The molecule has 0 saturated carbocycles. The molecule has 0 amide bonds. The quantitative estimate of drug-likeness (QED) is 0.767. The molecule has 17 heavy (non-hydrogen) atoms. The summed E-state index contributed by atoms with van der Waals surface area (Å²) < 4.78 is 0. The monoisotopic (exact) mass is 232 g/mol. The van der Waals surface area contributed by atoms with Crippen LogP contribution in [0.5, 0.6) is 0 Å². The molecule has 1 heteroatoms. The van der Waals surface area contributed by atoms with Crippen LogP contribution >= 0.6 is 0 Å². The van der Waals surface area contributed by atoms with Crippen molar-refractivity contribution in [1.29, 1.82) is 0 Å². The molecule has 1 N–H and O–H groups in total. The van der Waals surface area contributed by atoms with E-state index in [-0.39, 0.29) is 6.10 Å². The lowest BCUT2D eigenvalue weighted by Crippen LogP contribution is -2.03. The number of hydrogen-bond donors (Lipinski definition) is 1. The van der Waals surface area contributed by atoms with E-state index in [9.17, 15) is 5.11 Å². The molecule has 0 saturated heterocycles. The van der Waals surface area contributed by atoms with Gasteiger partial charge in [-0.05, 0) is 54.2 Å². The van der Waals surface area contributed by atoms with Crippen LogP contribution in [-0.4, -0.2) is 5.11 Å². The lowest BCUT2D eigenvalue weighted by Gasteiger charge is -2.15. The summed E-state index contributed by atoms with van der Waals surface area (Å²) in [5.74, 6) is 1.31. The first-order valence-electron chi connectivity index (χ1n) is 6.86. The summed E-state index contributed by atoms with van der Waals surface area (Å²) in [4.78, 5) is 0. The second kappa shape index (κ2) is 5.22. The largest absolute Gasteiger partial charge is 0.388 e. The molecule has 1 aliphatic rings. The van der Waals surface area contributed by atoms with Gasteiger partial charge >= 0.3 is 0 Å². The third-order valence-corrected chi connectivity index (χ3v) is 3.75. The van der Waals surface area contributed by atoms with Gasteiger partial charge in [0.1, 0.15) is 0 Å². The summed E-state index contributed by atoms with van der Waals surface area (Å²) in [6.45, 7) is 6.72. The maximum Gasteiger partial charge on any atom is 0.0795 e. The molecule has 0 heterocycles. The SMILES string of the molecule is CC(C)Cc1ccc2c(c1)C(O)CC(C)CC2. The molecule has 94 valence electrons. The van der Waals surface area contributed by atoms with Crippen LogP contribution in [0.3, 0.4) is 0 Å². The average molecular weight is 232 g/mol. The van der Waals surface area contributed by atoms with Gasteiger partial charge in [-0.25, -0.2) is 0 Å². The van der Waals surface area contributed by atoms with Crippen molar-refractivity contribution in [2.24, 2.45) is 11.8 Å². The van der Waals surface area contributed by atoms with Crippen molar-refractivity contribution >= 4 is 0 Å². The number of rotatable bonds is 2. The summed E-state index contributed by atoms with van der Waals surface area (Å²) in [5, 5.41) is 10.3. The number of aliphatic hydroxyl groups is 1. The first kappa shape index (κ1) is 12.6. The molecule has 1 nitrogen and oxygen atoms in total. The van der Waals surface area contributed by atoms with Crippen LogP contribution in [0, 0.1) is 11.8 Å². The van der Waals surface area contributed by atoms with E-state index in [1.807, 2.05) is 0 Å². The Hall–Kier alpha value is -0.820. The van der Waals surface area contributed by atoms with Crippen molar-refractivity contribution in [3.8, 4) is 0 Å². The minimum Gasteiger partial charge on any atom is -0.388 e. The van der Waals surface area contributed by atoms with Gasteiger partial charge in [0, 0.05) is 0 Å². The predicted octanol–water partition coefficient (Wildman–Crippen LogP) is 3.89. The Morgan fingerprint density at radius 1 is 1.35 bits per heavy atom. The van der Waals surface area contributed by atoms with Gasteiger partial charge in [0.25, 0.3) is 0 Å². The highest BCUT2D eigenvalue weighted by molar-refractivity contribution is 5.35. The Morgan fingerprint density at radius 3 is 2.82 bits per heavy atom. The molecule has 2 unspecified atom stereocenters. The first-order chi connectivity index (χ1) is 8.06. The van der Waals surface area contributed by atoms with Crippen molar-refractivity contribution in [2.75, 3.05) is 0 Å². The topological polar surface area (TPSA) is 20.2 Å². The molecular formula is C16H24O. The highest BCUT2D eigenvalue weighted by Crippen LogP contribution is 2.32. The molecule has 0 aliphatic heterocycles. The Bertz CT molecular complexity index is 381. The fourth-order valence-corrected chi connectivity index (χ4v) is 2.81. The summed E-state index contributed by atoms with van der Waals surface area (Å²) in [5.41, 5.74) is 3.91. The summed E-state index contributed by atoms with van der Waals surface area (Å²) >= 11 is 0. The van der Waals surface area contributed by atoms with Gasteiger partial charge in [0.2, 0.25) is 0 Å².